The fourth-order valence-corrected chi connectivity index (χ4v) is 1.98. The van der Waals surface area contributed by atoms with Crippen LogP contribution in [0.3, 0.4) is 0 Å². The summed E-state index contributed by atoms with van der Waals surface area (Å²) in [5.41, 5.74) is 0.846. The van der Waals surface area contributed by atoms with E-state index < -0.39 is 17.6 Å². The summed E-state index contributed by atoms with van der Waals surface area (Å²) >= 11 is 0. The molecule has 1 aromatic heterocycles. The highest BCUT2D eigenvalue weighted by molar-refractivity contribution is 5.89. The molecule has 0 fully saturated rings. The molecule has 0 saturated heterocycles. The van der Waals surface area contributed by atoms with E-state index in [0.717, 1.165) is 0 Å². The highest BCUT2D eigenvalue weighted by atomic mass is 19.1. The van der Waals surface area contributed by atoms with Gasteiger partial charge in [0.05, 0.1) is 11.1 Å². The van der Waals surface area contributed by atoms with Crippen LogP contribution < -0.4 is 0 Å². The molecule has 2 aromatic carbocycles. The molecule has 6 heteroatoms. The van der Waals surface area contributed by atoms with Gasteiger partial charge in [0.1, 0.15) is 23.9 Å². The number of nitrogens with zero attached hydrogens (tertiary/aromatic N) is 1. The molecule has 0 aliphatic heterocycles. The van der Waals surface area contributed by atoms with Crippen molar-refractivity contribution in [3.63, 3.8) is 0 Å². The molecule has 23 heavy (non-hydrogen) atoms. The summed E-state index contributed by atoms with van der Waals surface area (Å²) in [5, 5.41) is 3.73. The lowest BCUT2D eigenvalue weighted by Crippen LogP contribution is -2.05. The summed E-state index contributed by atoms with van der Waals surface area (Å²) in [6.45, 7) is -0.131. The Balaban J connectivity index is 1.67. The smallest absolute Gasteiger partial charge is 0.338 e. The summed E-state index contributed by atoms with van der Waals surface area (Å²) in [7, 11) is 0. The van der Waals surface area contributed by atoms with Crippen LogP contribution >= 0.6 is 0 Å². The Bertz CT molecular complexity index is 828. The molecule has 0 atom stereocenters. The number of hydrogen-bond acceptors (Lipinski definition) is 4. The molecule has 1 heterocycles. The number of aromatic nitrogens is 1. The topological polar surface area (TPSA) is 52.3 Å². The Kier molecular flexibility index (Phi) is 4.14. The van der Waals surface area contributed by atoms with Crippen molar-refractivity contribution in [2.24, 2.45) is 0 Å². The molecule has 0 amide bonds. The predicted molar refractivity (Wildman–Crippen MR) is 77.4 cm³/mol. The normalized spacial score (nSPS) is 10.5. The second kappa shape index (κ2) is 6.39. The van der Waals surface area contributed by atoms with Crippen LogP contribution in [-0.2, 0) is 11.3 Å². The Morgan fingerprint density at radius 2 is 1.83 bits per heavy atom. The lowest BCUT2D eigenvalue weighted by Gasteiger charge is -2.02. The molecule has 0 saturated carbocycles. The lowest BCUT2D eigenvalue weighted by atomic mass is 10.1. The standard InChI is InChI=1S/C17H11F2NO3/c18-12-7-5-11(6-8-12)17(21)22-10-13-9-16(23-20-13)14-3-1-2-4-15(14)19/h1-9H,10H2. The SMILES string of the molecule is O=C(OCc1cc(-c2ccccc2F)on1)c1ccc(F)cc1. The van der Waals surface area contributed by atoms with Crippen LogP contribution in [0, 0.1) is 11.6 Å². The second-order valence-electron chi connectivity index (χ2n) is 4.75. The molecule has 4 nitrogen and oxygen atoms in total. The van der Waals surface area contributed by atoms with Crippen LogP contribution in [-0.4, -0.2) is 11.1 Å². The molecule has 0 aliphatic carbocycles. The van der Waals surface area contributed by atoms with Crippen molar-refractivity contribution in [2.75, 3.05) is 0 Å². The van der Waals surface area contributed by atoms with E-state index in [1.807, 2.05) is 0 Å². The number of esters is 1. The van der Waals surface area contributed by atoms with Crippen molar-refractivity contribution < 1.29 is 22.8 Å². The number of hydrogen-bond donors (Lipinski definition) is 0. The number of ether oxygens (including phenoxy) is 1. The predicted octanol–water partition coefficient (Wildman–Crippen LogP) is 3.98. The second-order valence-corrected chi connectivity index (χ2v) is 4.75. The van der Waals surface area contributed by atoms with Gasteiger partial charge < -0.3 is 9.26 Å². The van der Waals surface area contributed by atoms with Crippen LogP contribution in [0.1, 0.15) is 16.1 Å². The third-order valence-electron chi connectivity index (χ3n) is 3.13. The van der Waals surface area contributed by atoms with Gasteiger partial charge in [0.25, 0.3) is 0 Å². The molecular formula is C17H11F2NO3. The van der Waals surface area contributed by atoms with E-state index in [9.17, 15) is 13.6 Å². The maximum atomic E-state index is 13.6. The van der Waals surface area contributed by atoms with Gasteiger partial charge in [0.2, 0.25) is 0 Å². The van der Waals surface area contributed by atoms with E-state index in [1.54, 1.807) is 18.2 Å². The van der Waals surface area contributed by atoms with E-state index in [1.165, 1.54) is 36.4 Å². The number of carbonyl (C=O) groups excluding carboxylic acids is 1. The number of carbonyl (C=O) groups is 1. The zero-order chi connectivity index (χ0) is 16.2. The van der Waals surface area contributed by atoms with Crippen LogP contribution in [0.15, 0.2) is 59.1 Å². The van der Waals surface area contributed by atoms with Crippen molar-refractivity contribution in [3.05, 3.63) is 77.5 Å². The Morgan fingerprint density at radius 3 is 2.57 bits per heavy atom. The highest BCUT2D eigenvalue weighted by Gasteiger charge is 2.13. The quantitative estimate of drug-likeness (QED) is 0.683. The summed E-state index contributed by atoms with van der Waals surface area (Å²) in [6, 6.07) is 12.6. The minimum absolute atomic E-state index is 0.131. The fraction of sp³-hybridized carbons (Fsp3) is 0.0588. The van der Waals surface area contributed by atoms with E-state index in [0.29, 0.717) is 5.69 Å². The first-order chi connectivity index (χ1) is 11.1. The van der Waals surface area contributed by atoms with Gasteiger partial charge in [-0.05, 0) is 36.4 Å². The van der Waals surface area contributed by atoms with Crippen molar-refractivity contribution in [2.45, 2.75) is 6.61 Å². The maximum absolute atomic E-state index is 13.6. The highest BCUT2D eigenvalue weighted by Crippen LogP contribution is 2.23. The molecule has 116 valence electrons. The first kappa shape index (κ1) is 14.9. The monoisotopic (exact) mass is 315 g/mol. The molecule has 0 radical (unpaired) electrons. The van der Waals surface area contributed by atoms with Gasteiger partial charge in [-0.2, -0.15) is 0 Å². The third kappa shape index (κ3) is 3.42. The van der Waals surface area contributed by atoms with E-state index in [4.69, 9.17) is 9.26 Å². The minimum Gasteiger partial charge on any atom is -0.455 e. The maximum Gasteiger partial charge on any atom is 0.338 e. The Morgan fingerprint density at radius 1 is 1.09 bits per heavy atom. The van der Waals surface area contributed by atoms with Gasteiger partial charge in [-0.3, -0.25) is 0 Å². The number of halogens is 2. The zero-order valence-corrected chi connectivity index (χ0v) is 11.8. The lowest BCUT2D eigenvalue weighted by molar-refractivity contribution is 0.0464. The van der Waals surface area contributed by atoms with Gasteiger partial charge in [-0.15, -0.1) is 0 Å². The van der Waals surface area contributed by atoms with Crippen molar-refractivity contribution in [1.29, 1.82) is 0 Å². The van der Waals surface area contributed by atoms with E-state index >= 15 is 0 Å². The van der Waals surface area contributed by atoms with Crippen molar-refractivity contribution in [1.82, 2.24) is 5.16 Å². The first-order valence-electron chi connectivity index (χ1n) is 6.76. The molecule has 0 N–H and O–H groups in total. The van der Waals surface area contributed by atoms with Gasteiger partial charge in [-0.1, -0.05) is 17.3 Å². The summed E-state index contributed by atoms with van der Waals surface area (Å²) in [5.74, 6) is -1.23. The van der Waals surface area contributed by atoms with E-state index in [2.05, 4.69) is 5.16 Å². The Labute approximate surface area is 130 Å². The molecule has 0 spiro atoms. The summed E-state index contributed by atoms with van der Waals surface area (Å²) in [4.78, 5) is 11.8. The average molecular weight is 315 g/mol. The van der Waals surface area contributed by atoms with Crippen molar-refractivity contribution in [3.8, 4) is 11.3 Å². The Hall–Kier alpha value is -3.02. The fourth-order valence-electron chi connectivity index (χ4n) is 1.98. The van der Waals surface area contributed by atoms with Gasteiger partial charge in [-0.25, -0.2) is 13.6 Å². The molecular weight excluding hydrogens is 304 g/mol. The van der Waals surface area contributed by atoms with Gasteiger partial charge in [0.15, 0.2) is 5.76 Å². The minimum atomic E-state index is -0.611. The van der Waals surface area contributed by atoms with Crippen LogP contribution in [0.5, 0.6) is 0 Å². The van der Waals surface area contributed by atoms with Gasteiger partial charge >= 0.3 is 5.97 Å². The van der Waals surface area contributed by atoms with Crippen LogP contribution in [0.2, 0.25) is 0 Å². The summed E-state index contributed by atoms with van der Waals surface area (Å²) in [6.07, 6.45) is 0. The third-order valence-corrected chi connectivity index (χ3v) is 3.13. The van der Waals surface area contributed by atoms with Crippen molar-refractivity contribution >= 4 is 5.97 Å². The zero-order valence-electron chi connectivity index (χ0n) is 11.8. The number of rotatable bonds is 4. The molecule has 0 unspecified atom stereocenters. The molecule has 0 bridgehead atoms. The van der Waals surface area contributed by atoms with Crippen LogP contribution in [0.4, 0.5) is 8.78 Å². The molecule has 3 rings (SSSR count). The molecule has 0 aliphatic rings. The van der Waals surface area contributed by atoms with Crippen LogP contribution in [0.25, 0.3) is 11.3 Å². The van der Waals surface area contributed by atoms with E-state index in [-0.39, 0.29) is 23.5 Å². The number of benzene rings is 2. The first-order valence-corrected chi connectivity index (χ1v) is 6.76. The average Bonchev–Trinajstić information content (AvgIpc) is 3.02. The summed E-state index contributed by atoms with van der Waals surface area (Å²) < 4.78 is 36.6. The molecule has 3 aromatic rings. The largest absolute Gasteiger partial charge is 0.455 e. The van der Waals surface area contributed by atoms with Gasteiger partial charge in [0, 0.05) is 6.07 Å².